The van der Waals surface area contributed by atoms with Crippen LogP contribution in [0, 0.1) is 6.92 Å². The predicted octanol–water partition coefficient (Wildman–Crippen LogP) is 1.44. The molecule has 2 fully saturated rings. The van der Waals surface area contributed by atoms with Gasteiger partial charge in [-0.3, -0.25) is 4.79 Å². The first kappa shape index (κ1) is 22.1. The van der Waals surface area contributed by atoms with E-state index in [2.05, 4.69) is 5.32 Å². The van der Waals surface area contributed by atoms with Crippen molar-refractivity contribution in [2.24, 2.45) is 5.73 Å². The molecule has 0 atom stereocenters. The van der Waals surface area contributed by atoms with Gasteiger partial charge in [-0.15, -0.1) is 12.4 Å². The normalized spacial score (nSPS) is 24.1. The number of amides is 1. The number of nitrogens with zero attached hydrogens (tertiary/aromatic N) is 1. The molecular weight excluding hydrogens is 390 g/mol. The third kappa shape index (κ3) is 5.20. The van der Waals surface area contributed by atoms with Crippen LogP contribution in [0.25, 0.3) is 0 Å². The van der Waals surface area contributed by atoms with Gasteiger partial charge in [-0.2, -0.15) is 4.31 Å². The average molecular weight is 418 g/mol. The number of aryl methyl sites for hydroxylation is 1. The number of ether oxygens (including phenoxy) is 1. The zero-order chi connectivity index (χ0) is 18.7. The quantitative estimate of drug-likeness (QED) is 0.771. The fourth-order valence-electron chi connectivity index (χ4n) is 3.48. The molecule has 1 heterocycles. The molecule has 0 radical (unpaired) electrons. The second-order valence-corrected chi connectivity index (χ2v) is 8.99. The van der Waals surface area contributed by atoms with Gasteiger partial charge in [0.15, 0.2) is 0 Å². The smallest absolute Gasteiger partial charge is 0.251 e. The number of rotatable bonds is 4. The molecular formula is C18H28ClN3O4S. The first-order valence-corrected chi connectivity index (χ1v) is 10.6. The maximum atomic E-state index is 12.9. The standard InChI is InChI=1S/C18H27N3O4S.ClH/c1-13-2-3-14(18(22)20-16-6-4-15(19)5-7-16)12-17(13)26(23,24)21-8-10-25-11-9-21;/h2-3,12,15-16H,4-11,19H2,1H3,(H,20,22);1H. The van der Waals surface area contributed by atoms with Crippen molar-refractivity contribution < 1.29 is 17.9 Å². The van der Waals surface area contributed by atoms with Crippen LogP contribution in [-0.4, -0.2) is 57.0 Å². The van der Waals surface area contributed by atoms with E-state index in [-0.39, 0.29) is 35.3 Å². The minimum Gasteiger partial charge on any atom is -0.379 e. The molecule has 1 aromatic rings. The number of nitrogens with one attached hydrogen (secondary N) is 1. The number of carbonyl (C=O) groups is 1. The van der Waals surface area contributed by atoms with Gasteiger partial charge >= 0.3 is 0 Å². The highest BCUT2D eigenvalue weighted by atomic mass is 35.5. The number of benzene rings is 1. The van der Waals surface area contributed by atoms with E-state index < -0.39 is 10.0 Å². The second-order valence-electron chi connectivity index (χ2n) is 7.08. The fourth-order valence-corrected chi connectivity index (χ4v) is 5.14. The fraction of sp³-hybridized carbons (Fsp3) is 0.611. The van der Waals surface area contributed by atoms with Crippen LogP contribution in [0.1, 0.15) is 41.6 Å². The maximum absolute atomic E-state index is 12.9. The Kier molecular flexibility index (Phi) is 7.64. The van der Waals surface area contributed by atoms with Crippen molar-refractivity contribution >= 4 is 28.3 Å². The SMILES string of the molecule is Cc1ccc(C(=O)NC2CCC(N)CC2)cc1S(=O)(=O)N1CCOCC1.Cl. The Morgan fingerprint density at radius 2 is 1.81 bits per heavy atom. The molecule has 2 aliphatic rings. The molecule has 9 heteroatoms. The zero-order valence-corrected chi connectivity index (χ0v) is 17.2. The van der Waals surface area contributed by atoms with Gasteiger partial charge in [0.05, 0.1) is 18.1 Å². The van der Waals surface area contributed by atoms with Crippen molar-refractivity contribution in [2.75, 3.05) is 26.3 Å². The summed E-state index contributed by atoms with van der Waals surface area (Å²) in [6.07, 6.45) is 3.51. The highest BCUT2D eigenvalue weighted by Crippen LogP contribution is 2.23. The van der Waals surface area contributed by atoms with E-state index in [0.717, 1.165) is 25.7 Å². The van der Waals surface area contributed by atoms with Gasteiger partial charge < -0.3 is 15.8 Å². The van der Waals surface area contributed by atoms with Crippen LogP contribution < -0.4 is 11.1 Å². The molecule has 1 amide bonds. The van der Waals surface area contributed by atoms with E-state index in [1.165, 1.54) is 10.4 Å². The van der Waals surface area contributed by atoms with Crippen molar-refractivity contribution in [3.63, 3.8) is 0 Å². The Morgan fingerprint density at radius 1 is 1.19 bits per heavy atom. The predicted molar refractivity (Wildman–Crippen MR) is 106 cm³/mol. The molecule has 3 rings (SSSR count). The van der Waals surface area contributed by atoms with Crippen LogP contribution in [0.5, 0.6) is 0 Å². The van der Waals surface area contributed by atoms with E-state index >= 15 is 0 Å². The summed E-state index contributed by atoms with van der Waals surface area (Å²) in [6.45, 7) is 3.20. The van der Waals surface area contributed by atoms with E-state index in [1.54, 1.807) is 19.1 Å². The minimum absolute atomic E-state index is 0. The van der Waals surface area contributed by atoms with Crippen molar-refractivity contribution in [1.82, 2.24) is 9.62 Å². The summed E-state index contributed by atoms with van der Waals surface area (Å²) in [7, 11) is -3.63. The Labute approximate surface area is 167 Å². The summed E-state index contributed by atoms with van der Waals surface area (Å²) in [4.78, 5) is 12.8. The summed E-state index contributed by atoms with van der Waals surface area (Å²) in [5, 5.41) is 3.01. The van der Waals surface area contributed by atoms with E-state index in [9.17, 15) is 13.2 Å². The van der Waals surface area contributed by atoms with Crippen LogP contribution in [0.2, 0.25) is 0 Å². The number of morpholine rings is 1. The van der Waals surface area contributed by atoms with Gasteiger partial charge in [-0.1, -0.05) is 6.07 Å². The molecule has 1 aliphatic carbocycles. The molecule has 0 unspecified atom stereocenters. The first-order chi connectivity index (χ1) is 12.4. The van der Waals surface area contributed by atoms with Crippen LogP contribution in [-0.2, 0) is 14.8 Å². The largest absolute Gasteiger partial charge is 0.379 e. The number of halogens is 1. The molecule has 0 bridgehead atoms. The Hall–Kier alpha value is -1.19. The number of hydrogen-bond donors (Lipinski definition) is 2. The summed E-state index contributed by atoms with van der Waals surface area (Å²) in [6, 6.07) is 5.18. The van der Waals surface area contributed by atoms with Crippen LogP contribution in [0.15, 0.2) is 23.1 Å². The van der Waals surface area contributed by atoms with Crippen LogP contribution >= 0.6 is 12.4 Å². The molecule has 1 aromatic carbocycles. The Morgan fingerprint density at radius 3 is 2.44 bits per heavy atom. The lowest BCUT2D eigenvalue weighted by Crippen LogP contribution is -2.41. The molecule has 1 aliphatic heterocycles. The number of carbonyl (C=O) groups excluding carboxylic acids is 1. The summed E-state index contributed by atoms with van der Waals surface area (Å²) in [5.74, 6) is -0.233. The van der Waals surface area contributed by atoms with Gasteiger partial charge in [0.2, 0.25) is 10.0 Å². The highest BCUT2D eigenvalue weighted by Gasteiger charge is 2.29. The highest BCUT2D eigenvalue weighted by molar-refractivity contribution is 7.89. The van der Waals surface area contributed by atoms with Gasteiger partial charge in [0.25, 0.3) is 5.91 Å². The topological polar surface area (TPSA) is 102 Å². The van der Waals surface area contributed by atoms with Gasteiger partial charge in [0.1, 0.15) is 0 Å². The van der Waals surface area contributed by atoms with Crippen LogP contribution in [0.3, 0.4) is 0 Å². The molecule has 1 saturated heterocycles. The van der Waals surface area contributed by atoms with Crippen LogP contribution in [0.4, 0.5) is 0 Å². The molecule has 0 spiro atoms. The van der Waals surface area contributed by atoms with Crippen molar-refractivity contribution in [2.45, 2.75) is 49.6 Å². The Balaban J connectivity index is 0.00000261. The van der Waals surface area contributed by atoms with E-state index in [1.807, 2.05) is 0 Å². The lowest BCUT2D eigenvalue weighted by molar-refractivity contribution is 0.0730. The summed E-state index contributed by atoms with van der Waals surface area (Å²) in [5.41, 5.74) is 6.91. The zero-order valence-electron chi connectivity index (χ0n) is 15.5. The van der Waals surface area contributed by atoms with E-state index in [0.29, 0.717) is 37.4 Å². The molecule has 3 N–H and O–H groups in total. The number of sulfonamides is 1. The molecule has 152 valence electrons. The third-order valence-corrected chi connectivity index (χ3v) is 7.19. The molecule has 7 nitrogen and oxygen atoms in total. The monoisotopic (exact) mass is 417 g/mol. The van der Waals surface area contributed by atoms with Gasteiger partial charge in [-0.05, 0) is 50.3 Å². The number of hydrogen-bond acceptors (Lipinski definition) is 5. The molecule has 0 aromatic heterocycles. The third-order valence-electron chi connectivity index (χ3n) is 5.15. The first-order valence-electron chi connectivity index (χ1n) is 9.13. The Bertz CT molecular complexity index is 758. The average Bonchev–Trinajstić information content (AvgIpc) is 2.64. The van der Waals surface area contributed by atoms with Crippen molar-refractivity contribution in [3.8, 4) is 0 Å². The lowest BCUT2D eigenvalue weighted by atomic mass is 9.91. The van der Waals surface area contributed by atoms with Gasteiger partial charge in [0, 0.05) is 30.7 Å². The number of nitrogens with two attached hydrogens (primary N) is 1. The summed E-state index contributed by atoms with van der Waals surface area (Å²) >= 11 is 0. The second kappa shape index (κ2) is 9.34. The maximum Gasteiger partial charge on any atom is 0.251 e. The van der Waals surface area contributed by atoms with E-state index in [4.69, 9.17) is 10.5 Å². The lowest BCUT2D eigenvalue weighted by Gasteiger charge is -2.27. The summed E-state index contributed by atoms with van der Waals surface area (Å²) < 4.78 is 32.5. The molecule has 1 saturated carbocycles. The van der Waals surface area contributed by atoms with Crippen molar-refractivity contribution in [1.29, 1.82) is 0 Å². The minimum atomic E-state index is -3.63. The van der Waals surface area contributed by atoms with Crippen molar-refractivity contribution in [3.05, 3.63) is 29.3 Å². The van der Waals surface area contributed by atoms with Gasteiger partial charge in [-0.25, -0.2) is 8.42 Å². The molecule has 27 heavy (non-hydrogen) atoms.